The van der Waals surface area contributed by atoms with Gasteiger partial charge in [-0.2, -0.15) is 16.4 Å². The van der Waals surface area contributed by atoms with Crippen LogP contribution in [0, 0.1) is 10.1 Å². The molecule has 0 saturated heterocycles. The van der Waals surface area contributed by atoms with Crippen molar-refractivity contribution in [3.05, 3.63) is 56.8 Å². The summed E-state index contributed by atoms with van der Waals surface area (Å²) in [6.07, 6.45) is 1.50. The van der Waals surface area contributed by atoms with Gasteiger partial charge in [-0.3, -0.25) is 14.9 Å². The zero-order valence-electron chi connectivity index (χ0n) is 10.8. The number of hydrogen-bond acceptors (Lipinski definition) is 6. The summed E-state index contributed by atoms with van der Waals surface area (Å²) >= 11 is 1.52. The fourth-order valence-corrected chi connectivity index (χ4v) is 2.04. The predicted molar refractivity (Wildman–Crippen MR) is 78.6 cm³/mol. The summed E-state index contributed by atoms with van der Waals surface area (Å²) in [5, 5.41) is 18.3. The number of carbonyl (C=O) groups excluding carboxylic acids is 1. The molecule has 1 N–H and O–H groups in total. The lowest BCUT2D eigenvalue weighted by molar-refractivity contribution is -0.385. The van der Waals surface area contributed by atoms with Crippen molar-refractivity contribution in [3.8, 4) is 5.75 Å². The minimum atomic E-state index is -0.567. The molecular formula is C13H11N3O4S. The van der Waals surface area contributed by atoms with Gasteiger partial charge in [-0.15, -0.1) is 0 Å². The second kappa shape index (κ2) is 7.15. The molecule has 0 aliphatic heterocycles. The average molecular weight is 305 g/mol. The van der Waals surface area contributed by atoms with E-state index in [-0.39, 0.29) is 18.0 Å². The number of ether oxygens (including phenoxy) is 1. The lowest BCUT2D eigenvalue weighted by atomic mass is 10.3. The van der Waals surface area contributed by atoms with Crippen molar-refractivity contribution >= 4 is 29.1 Å². The number of amides is 1. The minimum absolute atomic E-state index is 0.0412. The van der Waals surface area contributed by atoms with Gasteiger partial charge in [0.25, 0.3) is 5.91 Å². The highest BCUT2D eigenvalue weighted by Gasteiger charge is 2.14. The molecule has 1 aromatic heterocycles. The Morgan fingerprint density at radius 2 is 2.24 bits per heavy atom. The number of para-hydroxylation sites is 2. The van der Waals surface area contributed by atoms with Gasteiger partial charge in [-0.1, -0.05) is 12.1 Å². The molecule has 0 bridgehead atoms. The van der Waals surface area contributed by atoms with Crippen LogP contribution >= 0.6 is 11.3 Å². The molecule has 1 aromatic carbocycles. The Balaban J connectivity index is 1.85. The Morgan fingerprint density at radius 3 is 2.95 bits per heavy atom. The first-order chi connectivity index (χ1) is 10.2. The maximum atomic E-state index is 11.5. The number of nitrogens with one attached hydrogen (secondary N) is 1. The summed E-state index contributed by atoms with van der Waals surface area (Å²) in [5.41, 5.74) is 2.97. The van der Waals surface area contributed by atoms with Crippen LogP contribution in [0.1, 0.15) is 5.56 Å². The van der Waals surface area contributed by atoms with E-state index >= 15 is 0 Å². The molecule has 7 nitrogen and oxygen atoms in total. The van der Waals surface area contributed by atoms with Crippen molar-refractivity contribution in [1.82, 2.24) is 5.43 Å². The van der Waals surface area contributed by atoms with E-state index < -0.39 is 10.8 Å². The van der Waals surface area contributed by atoms with E-state index in [1.54, 1.807) is 6.07 Å². The molecule has 0 fully saturated rings. The topological polar surface area (TPSA) is 93.8 Å². The molecule has 0 aliphatic carbocycles. The van der Waals surface area contributed by atoms with E-state index in [9.17, 15) is 14.9 Å². The van der Waals surface area contributed by atoms with Gasteiger partial charge in [0.15, 0.2) is 12.4 Å². The van der Waals surface area contributed by atoms with Crippen molar-refractivity contribution in [3.63, 3.8) is 0 Å². The minimum Gasteiger partial charge on any atom is -0.477 e. The monoisotopic (exact) mass is 305 g/mol. The van der Waals surface area contributed by atoms with Crippen LogP contribution in [0.4, 0.5) is 5.69 Å². The van der Waals surface area contributed by atoms with Crippen molar-refractivity contribution in [2.45, 2.75) is 0 Å². The molecule has 0 atom stereocenters. The van der Waals surface area contributed by atoms with E-state index in [1.807, 2.05) is 16.8 Å². The Kier molecular flexibility index (Phi) is 4.99. The molecule has 0 spiro atoms. The number of benzene rings is 1. The van der Waals surface area contributed by atoms with Crippen molar-refractivity contribution in [2.75, 3.05) is 6.61 Å². The quantitative estimate of drug-likeness (QED) is 0.503. The van der Waals surface area contributed by atoms with Crippen LogP contribution in [-0.4, -0.2) is 23.7 Å². The van der Waals surface area contributed by atoms with Crippen LogP contribution in [-0.2, 0) is 4.79 Å². The Bertz CT molecular complexity index is 655. The summed E-state index contributed by atoms with van der Waals surface area (Å²) in [6, 6.07) is 7.71. The molecule has 0 radical (unpaired) electrons. The van der Waals surface area contributed by atoms with Crippen LogP contribution in [0.2, 0.25) is 0 Å². The summed E-state index contributed by atoms with van der Waals surface area (Å²) in [7, 11) is 0. The van der Waals surface area contributed by atoms with Gasteiger partial charge in [0.05, 0.1) is 11.1 Å². The van der Waals surface area contributed by atoms with Gasteiger partial charge < -0.3 is 4.74 Å². The lowest BCUT2D eigenvalue weighted by Gasteiger charge is -2.05. The fraction of sp³-hybridized carbons (Fsp3) is 0.0769. The number of thiophene rings is 1. The highest BCUT2D eigenvalue weighted by Crippen LogP contribution is 2.25. The number of rotatable bonds is 6. The first-order valence-electron chi connectivity index (χ1n) is 5.87. The predicted octanol–water partition coefficient (Wildman–Crippen LogP) is 2.19. The van der Waals surface area contributed by atoms with Crippen molar-refractivity contribution in [2.24, 2.45) is 5.10 Å². The molecule has 0 saturated carbocycles. The third-order valence-electron chi connectivity index (χ3n) is 2.37. The second-order valence-corrected chi connectivity index (χ2v) is 4.64. The van der Waals surface area contributed by atoms with Gasteiger partial charge in [-0.05, 0) is 22.9 Å². The van der Waals surface area contributed by atoms with E-state index in [4.69, 9.17) is 4.74 Å². The van der Waals surface area contributed by atoms with Gasteiger partial charge in [0.1, 0.15) is 0 Å². The van der Waals surface area contributed by atoms with Crippen LogP contribution in [0.5, 0.6) is 5.75 Å². The Hall–Kier alpha value is -2.74. The maximum absolute atomic E-state index is 11.5. The molecule has 1 heterocycles. The van der Waals surface area contributed by atoms with Crippen molar-refractivity contribution in [1.29, 1.82) is 0 Å². The van der Waals surface area contributed by atoms with E-state index in [2.05, 4.69) is 10.5 Å². The molecule has 21 heavy (non-hydrogen) atoms. The summed E-state index contributed by atoms with van der Waals surface area (Å²) in [4.78, 5) is 21.7. The number of hydrogen-bond donors (Lipinski definition) is 1. The van der Waals surface area contributed by atoms with Gasteiger partial charge >= 0.3 is 5.69 Å². The Labute approximate surface area is 124 Å². The third kappa shape index (κ3) is 4.39. The summed E-state index contributed by atoms with van der Waals surface area (Å²) in [6.45, 7) is -0.355. The molecule has 108 valence electrons. The number of nitro benzene ring substituents is 1. The van der Waals surface area contributed by atoms with Gasteiger partial charge in [0.2, 0.25) is 0 Å². The standard InChI is InChI=1S/C13H11N3O4S/c17-13(15-14-7-10-5-6-21-9-10)8-20-12-4-2-1-3-11(12)16(18)19/h1-7,9H,8H2,(H,15,17)/b14-7-. The highest BCUT2D eigenvalue weighted by atomic mass is 32.1. The van der Waals surface area contributed by atoms with E-state index in [0.717, 1.165) is 5.56 Å². The largest absolute Gasteiger partial charge is 0.477 e. The molecule has 2 rings (SSSR count). The van der Waals surface area contributed by atoms with Crippen LogP contribution in [0.15, 0.2) is 46.2 Å². The zero-order valence-corrected chi connectivity index (χ0v) is 11.6. The van der Waals surface area contributed by atoms with Crippen LogP contribution < -0.4 is 10.2 Å². The molecule has 1 amide bonds. The van der Waals surface area contributed by atoms with Crippen LogP contribution in [0.25, 0.3) is 0 Å². The van der Waals surface area contributed by atoms with Gasteiger partial charge in [0, 0.05) is 11.6 Å². The summed E-state index contributed by atoms with van der Waals surface area (Å²) < 4.78 is 5.12. The van der Waals surface area contributed by atoms with Gasteiger partial charge in [-0.25, -0.2) is 5.43 Å². The molecule has 0 aliphatic rings. The number of nitro groups is 1. The third-order valence-corrected chi connectivity index (χ3v) is 3.07. The molecular weight excluding hydrogens is 294 g/mol. The molecule has 8 heteroatoms. The lowest BCUT2D eigenvalue weighted by Crippen LogP contribution is -2.24. The smallest absolute Gasteiger partial charge is 0.310 e. The maximum Gasteiger partial charge on any atom is 0.310 e. The first-order valence-corrected chi connectivity index (χ1v) is 6.81. The number of hydrazone groups is 1. The Morgan fingerprint density at radius 1 is 1.43 bits per heavy atom. The fourth-order valence-electron chi connectivity index (χ4n) is 1.43. The number of nitrogens with zero attached hydrogens (tertiary/aromatic N) is 2. The SMILES string of the molecule is O=C(COc1ccccc1[N+](=O)[O-])N/N=C\c1ccsc1. The normalized spacial score (nSPS) is 10.5. The van der Waals surface area contributed by atoms with Crippen molar-refractivity contribution < 1.29 is 14.5 Å². The average Bonchev–Trinajstić information content (AvgIpc) is 2.98. The van der Waals surface area contributed by atoms with E-state index in [1.165, 1.54) is 35.8 Å². The first kappa shape index (κ1) is 14.7. The second-order valence-electron chi connectivity index (χ2n) is 3.86. The molecule has 0 unspecified atom stereocenters. The van der Waals surface area contributed by atoms with E-state index in [0.29, 0.717) is 0 Å². The summed E-state index contributed by atoms with van der Waals surface area (Å²) in [5.74, 6) is -0.459. The highest BCUT2D eigenvalue weighted by molar-refractivity contribution is 7.08. The van der Waals surface area contributed by atoms with Crippen LogP contribution in [0.3, 0.4) is 0 Å². The number of carbonyl (C=O) groups is 1. The molecule has 2 aromatic rings. The zero-order chi connectivity index (χ0) is 15.1.